The van der Waals surface area contributed by atoms with E-state index in [2.05, 4.69) is 15.3 Å². The molecule has 2 fully saturated rings. The van der Waals surface area contributed by atoms with Crippen LogP contribution in [-0.2, 0) is 21.5 Å². The summed E-state index contributed by atoms with van der Waals surface area (Å²) in [4.78, 5) is 67.4. The molecule has 4 aromatic rings. The lowest BCUT2D eigenvalue weighted by atomic mass is 9.74. The molecule has 3 aromatic heterocycles. The average molecular weight is 592 g/mol. The lowest BCUT2D eigenvalue weighted by molar-refractivity contribution is -0.138. The molecule has 0 radical (unpaired) electrons. The van der Waals surface area contributed by atoms with E-state index in [0.29, 0.717) is 50.2 Å². The highest BCUT2D eigenvalue weighted by molar-refractivity contribution is 6.08. The Bertz CT molecular complexity index is 1850. The monoisotopic (exact) mass is 591 g/mol. The Labute approximate surface area is 251 Å². The number of nitrogens with zero attached hydrogens (tertiary/aromatic N) is 5. The lowest BCUT2D eigenvalue weighted by Crippen LogP contribution is -2.55. The van der Waals surface area contributed by atoms with Gasteiger partial charge in [0.1, 0.15) is 11.2 Å². The number of benzene rings is 1. The molecule has 0 bridgehead atoms. The SMILES string of the molecule is NC(=O)c1ccc(-c2c(CN3C(=O)C4(CCN(C(=O)C5(NC(=O)O)CC5)CC4)c4ccncc43)ncc3ccccc23)cn1. The molecule has 2 aliphatic heterocycles. The first-order valence-corrected chi connectivity index (χ1v) is 14.4. The zero-order valence-corrected chi connectivity index (χ0v) is 23.7. The molecule has 1 aliphatic carbocycles. The third-order valence-electron chi connectivity index (χ3n) is 9.16. The highest BCUT2D eigenvalue weighted by Crippen LogP contribution is 2.49. The van der Waals surface area contributed by atoms with E-state index in [4.69, 9.17) is 10.7 Å². The van der Waals surface area contributed by atoms with Gasteiger partial charge in [-0.05, 0) is 48.8 Å². The molecule has 12 heteroatoms. The Kier molecular flexibility index (Phi) is 6.31. The molecule has 0 atom stereocenters. The van der Waals surface area contributed by atoms with Crippen LogP contribution in [0.25, 0.3) is 21.9 Å². The van der Waals surface area contributed by atoms with Crippen molar-refractivity contribution in [2.75, 3.05) is 18.0 Å². The Balaban J connectivity index is 1.22. The van der Waals surface area contributed by atoms with Crippen LogP contribution in [0.3, 0.4) is 0 Å². The fraction of sp³-hybridized carbons (Fsp3) is 0.281. The van der Waals surface area contributed by atoms with E-state index in [1.54, 1.807) is 46.7 Å². The number of nitrogens with one attached hydrogen (secondary N) is 1. The van der Waals surface area contributed by atoms with Gasteiger partial charge in [-0.1, -0.05) is 30.3 Å². The van der Waals surface area contributed by atoms with Crippen molar-refractivity contribution in [2.45, 2.75) is 43.2 Å². The van der Waals surface area contributed by atoms with Crippen molar-refractivity contribution in [1.82, 2.24) is 25.2 Å². The molecule has 1 aromatic carbocycles. The molecular weight excluding hydrogens is 562 g/mol. The maximum Gasteiger partial charge on any atom is 0.405 e. The third-order valence-corrected chi connectivity index (χ3v) is 9.16. The number of likely N-dealkylation sites (tertiary alicyclic amines) is 1. The summed E-state index contributed by atoms with van der Waals surface area (Å²) >= 11 is 0. The van der Waals surface area contributed by atoms with Crippen LogP contribution < -0.4 is 16.0 Å². The van der Waals surface area contributed by atoms with Gasteiger partial charge in [0.25, 0.3) is 5.91 Å². The zero-order valence-electron chi connectivity index (χ0n) is 23.7. The van der Waals surface area contributed by atoms with Crippen LogP contribution in [0, 0.1) is 0 Å². The van der Waals surface area contributed by atoms with E-state index < -0.39 is 23.0 Å². The summed E-state index contributed by atoms with van der Waals surface area (Å²) in [7, 11) is 0. The number of rotatable bonds is 6. The first-order valence-electron chi connectivity index (χ1n) is 14.4. The van der Waals surface area contributed by atoms with Gasteiger partial charge in [0, 0.05) is 48.2 Å². The van der Waals surface area contributed by atoms with Gasteiger partial charge in [-0.15, -0.1) is 0 Å². The molecule has 0 unspecified atom stereocenters. The minimum Gasteiger partial charge on any atom is -0.465 e. The summed E-state index contributed by atoms with van der Waals surface area (Å²) in [5, 5.41) is 13.5. The van der Waals surface area contributed by atoms with E-state index >= 15 is 0 Å². The quantitative estimate of drug-likeness (QED) is 0.307. The van der Waals surface area contributed by atoms with Gasteiger partial charge in [0.2, 0.25) is 11.8 Å². The number of hydrogen-bond acceptors (Lipinski definition) is 7. The highest BCUT2D eigenvalue weighted by atomic mass is 16.4. The van der Waals surface area contributed by atoms with Crippen molar-refractivity contribution in [3.63, 3.8) is 0 Å². The number of fused-ring (bicyclic) bond motifs is 3. The number of primary amides is 1. The number of anilines is 1. The van der Waals surface area contributed by atoms with E-state index in [0.717, 1.165) is 27.5 Å². The fourth-order valence-corrected chi connectivity index (χ4v) is 6.73. The van der Waals surface area contributed by atoms with Gasteiger partial charge in [0.05, 0.1) is 29.5 Å². The molecule has 12 nitrogen and oxygen atoms in total. The second kappa shape index (κ2) is 10.1. The maximum absolute atomic E-state index is 14.4. The predicted octanol–water partition coefficient (Wildman–Crippen LogP) is 3.00. The summed E-state index contributed by atoms with van der Waals surface area (Å²) in [5.41, 5.74) is 7.43. The molecule has 222 valence electrons. The number of aromatic nitrogens is 3. The van der Waals surface area contributed by atoms with Crippen LogP contribution in [0.15, 0.2) is 67.3 Å². The number of carboxylic acid groups (broad SMARTS) is 1. The predicted molar refractivity (Wildman–Crippen MR) is 160 cm³/mol. The van der Waals surface area contributed by atoms with Crippen LogP contribution in [0.4, 0.5) is 10.5 Å². The number of amides is 4. The summed E-state index contributed by atoms with van der Waals surface area (Å²) in [6.45, 7) is 0.840. The Hall–Kier alpha value is -5.39. The summed E-state index contributed by atoms with van der Waals surface area (Å²) in [5.74, 6) is -0.934. The van der Waals surface area contributed by atoms with Crippen LogP contribution >= 0.6 is 0 Å². The number of carbonyl (C=O) groups excluding carboxylic acids is 3. The number of pyridine rings is 3. The van der Waals surface area contributed by atoms with Crippen molar-refractivity contribution in [2.24, 2.45) is 5.73 Å². The van der Waals surface area contributed by atoms with E-state index in [1.165, 1.54) is 0 Å². The van der Waals surface area contributed by atoms with Crippen LogP contribution in [0.5, 0.6) is 0 Å². The van der Waals surface area contributed by atoms with Crippen molar-refractivity contribution in [1.29, 1.82) is 0 Å². The van der Waals surface area contributed by atoms with Crippen molar-refractivity contribution in [3.8, 4) is 11.1 Å². The normalized spacial score (nSPS) is 17.9. The first-order chi connectivity index (χ1) is 21.2. The van der Waals surface area contributed by atoms with Crippen molar-refractivity contribution >= 4 is 40.3 Å². The second-order valence-corrected chi connectivity index (χ2v) is 11.6. The van der Waals surface area contributed by atoms with Gasteiger partial charge < -0.3 is 26.0 Å². The molecule has 1 saturated heterocycles. The minimum atomic E-state index is -1.21. The molecule has 4 amide bonds. The summed E-state index contributed by atoms with van der Waals surface area (Å²) < 4.78 is 0. The molecule has 5 heterocycles. The van der Waals surface area contributed by atoms with Gasteiger partial charge >= 0.3 is 6.09 Å². The Morgan fingerprint density at radius 2 is 1.73 bits per heavy atom. The van der Waals surface area contributed by atoms with E-state index in [9.17, 15) is 24.3 Å². The van der Waals surface area contributed by atoms with E-state index in [1.807, 2.05) is 30.3 Å². The van der Waals surface area contributed by atoms with Crippen LogP contribution in [-0.4, -0.2) is 67.4 Å². The second-order valence-electron chi connectivity index (χ2n) is 11.6. The fourth-order valence-electron chi connectivity index (χ4n) is 6.73. The van der Waals surface area contributed by atoms with Gasteiger partial charge in [-0.3, -0.25) is 29.3 Å². The minimum absolute atomic E-state index is 0.0829. The highest BCUT2D eigenvalue weighted by Gasteiger charge is 2.57. The number of nitrogens with two attached hydrogens (primary N) is 1. The molecule has 3 aliphatic rings. The smallest absolute Gasteiger partial charge is 0.405 e. The molecule has 4 N–H and O–H groups in total. The van der Waals surface area contributed by atoms with Crippen LogP contribution in [0.2, 0.25) is 0 Å². The summed E-state index contributed by atoms with van der Waals surface area (Å²) in [6.07, 6.45) is 7.29. The van der Waals surface area contributed by atoms with Crippen molar-refractivity contribution in [3.05, 3.63) is 84.2 Å². The average Bonchev–Trinajstić information content (AvgIpc) is 3.78. The molecule has 44 heavy (non-hydrogen) atoms. The third kappa shape index (κ3) is 4.32. The Morgan fingerprint density at radius 1 is 0.955 bits per heavy atom. The number of carbonyl (C=O) groups is 4. The Morgan fingerprint density at radius 3 is 2.41 bits per heavy atom. The number of hydrogen-bond donors (Lipinski definition) is 3. The molecule has 1 spiro atoms. The van der Waals surface area contributed by atoms with Gasteiger partial charge in [-0.2, -0.15) is 0 Å². The molecule has 1 saturated carbocycles. The molecular formula is C32H29N7O5. The maximum atomic E-state index is 14.4. The molecule has 7 rings (SSSR count). The van der Waals surface area contributed by atoms with Crippen LogP contribution in [0.1, 0.15) is 47.4 Å². The largest absolute Gasteiger partial charge is 0.465 e. The topological polar surface area (TPSA) is 172 Å². The summed E-state index contributed by atoms with van der Waals surface area (Å²) in [6, 6.07) is 13.0. The van der Waals surface area contributed by atoms with E-state index in [-0.39, 0.29) is 24.1 Å². The lowest BCUT2D eigenvalue weighted by Gasteiger charge is -2.39. The first kappa shape index (κ1) is 27.4. The van der Waals surface area contributed by atoms with Crippen molar-refractivity contribution < 1.29 is 24.3 Å². The van der Waals surface area contributed by atoms with Gasteiger partial charge in [0.15, 0.2) is 0 Å². The number of piperidine rings is 1. The standard InChI is InChI=1S/C32H29N7O5/c33-27(40)23-6-5-20(16-35-23)26-21-4-2-1-3-19(21)15-36-24(26)18-39-25-17-34-12-7-22(25)31(28(39)41)10-13-38(14-11-31)29(42)32(8-9-32)37-30(43)44/h1-7,12,15-17,37H,8-11,13-14,18H2,(H2,33,40)(H,43,44). The van der Waals surface area contributed by atoms with Gasteiger partial charge in [-0.25, -0.2) is 4.79 Å². The zero-order chi connectivity index (χ0) is 30.6.